The molecule has 0 aromatic carbocycles. The minimum absolute atomic E-state index is 0.0123. The van der Waals surface area contributed by atoms with Gasteiger partial charge in [0.25, 0.3) is 0 Å². The predicted octanol–water partition coefficient (Wildman–Crippen LogP) is 2.99. The van der Waals surface area contributed by atoms with Crippen LogP contribution in [0.4, 0.5) is 0 Å². The summed E-state index contributed by atoms with van der Waals surface area (Å²) in [6, 6.07) is 2.12. The summed E-state index contributed by atoms with van der Waals surface area (Å²) in [4.78, 5) is 4.73. The number of fused-ring (bicyclic) bond motifs is 1. The quantitative estimate of drug-likeness (QED) is 0.791. The molecule has 0 saturated carbocycles. The fourth-order valence-electron chi connectivity index (χ4n) is 3.59. The van der Waals surface area contributed by atoms with Gasteiger partial charge in [0.2, 0.25) is 0 Å². The van der Waals surface area contributed by atoms with Crippen molar-refractivity contribution in [3.05, 3.63) is 18.0 Å². The molecule has 0 N–H and O–H groups in total. The number of hydrogen-bond donors (Lipinski definition) is 0. The van der Waals surface area contributed by atoms with Crippen LogP contribution in [0.1, 0.15) is 65.8 Å². The van der Waals surface area contributed by atoms with Gasteiger partial charge in [0, 0.05) is 23.7 Å². The van der Waals surface area contributed by atoms with Gasteiger partial charge in [-0.2, -0.15) is 5.10 Å². The van der Waals surface area contributed by atoms with Crippen LogP contribution in [0.25, 0.3) is 11.0 Å². The van der Waals surface area contributed by atoms with Crippen LogP contribution in [0, 0.1) is 0 Å². The van der Waals surface area contributed by atoms with Crippen molar-refractivity contribution in [2.24, 2.45) is 0 Å². The zero-order valence-electron chi connectivity index (χ0n) is 16.4. The van der Waals surface area contributed by atoms with Crippen LogP contribution in [0.2, 0.25) is 0 Å². The highest BCUT2D eigenvalue weighted by Crippen LogP contribution is 2.36. The first-order chi connectivity index (χ1) is 12.3. The van der Waals surface area contributed by atoms with E-state index in [0.29, 0.717) is 0 Å². The zero-order valence-corrected chi connectivity index (χ0v) is 16.4. The lowest BCUT2D eigenvalue weighted by atomic mass is 9.80. The number of aromatic nitrogens is 3. The van der Waals surface area contributed by atoms with E-state index < -0.39 is 7.12 Å². The lowest BCUT2D eigenvalue weighted by Crippen LogP contribution is -2.41. The second-order valence-electron chi connectivity index (χ2n) is 8.29. The van der Waals surface area contributed by atoms with E-state index in [1.165, 1.54) is 6.42 Å². The van der Waals surface area contributed by atoms with Crippen molar-refractivity contribution in [2.75, 3.05) is 6.61 Å². The Morgan fingerprint density at radius 3 is 2.54 bits per heavy atom. The molecule has 0 radical (unpaired) electrons. The number of ether oxygens (including phenoxy) is 1. The molecule has 140 valence electrons. The summed E-state index contributed by atoms with van der Waals surface area (Å²) in [6.07, 6.45) is 5.97. The number of rotatable bonds is 3. The SMILES string of the molecule is CCc1nn(C2CCCCO2)c2ncc(B3OC(C)(C)C(C)(C)O3)cc12. The fourth-order valence-corrected chi connectivity index (χ4v) is 3.59. The van der Waals surface area contributed by atoms with Gasteiger partial charge in [0.15, 0.2) is 11.9 Å². The van der Waals surface area contributed by atoms with Gasteiger partial charge in [-0.1, -0.05) is 6.92 Å². The summed E-state index contributed by atoms with van der Waals surface area (Å²) in [5, 5.41) is 5.87. The third-order valence-electron chi connectivity index (χ3n) is 5.93. The minimum atomic E-state index is -0.407. The second kappa shape index (κ2) is 6.32. The Labute approximate surface area is 155 Å². The Hall–Kier alpha value is -1.44. The van der Waals surface area contributed by atoms with E-state index in [9.17, 15) is 0 Å². The van der Waals surface area contributed by atoms with Crippen molar-refractivity contribution in [2.45, 2.75) is 77.7 Å². The molecule has 2 aromatic heterocycles. The van der Waals surface area contributed by atoms with Gasteiger partial charge in [-0.25, -0.2) is 9.67 Å². The van der Waals surface area contributed by atoms with Crippen molar-refractivity contribution in [1.29, 1.82) is 0 Å². The van der Waals surface area contributed by atoms with Crippen LogP contribution in [-0.4, -0.2) is 39.7 Å². The summed E-state index contributed by atoms with van der Waals surface area (Å²) in [7, 11) is -0.407. The van der Waals surface area contributed by atoms with Gasteiger partial charge >= 0.3 is 7.12 Å². The Bertz CT molecular complexity index is 796. The summed E-state index contributed by atoms with van der Waals surface area (Å²) < 4.78 is 20.2. The number of hydrogen-bond acceptors (Lipinski definition) is 5. The van der Waals surface area contributed by atoms with Gasteiger partial charge in [-0.15, -0.1) is 0 Å². The maximum absolute atomic E-state index is 6.18. The van der Waals surface area contributed by atoms with Crippen molar-refractivity contribution in [3.8, 4) is 0 Å². The van der Waals surface area contributed by atoms with E-state index in [-0.39, 0.29) is 17.4 Å². The van der Waals surface area contributed by atoms with E-state index in [1.807, 2.05) is 10.9 Å². The van der Waals surface area contributed by atoms with E-state index >= 15 is 0 Å². The van der Waals surface area contributed by atoms with Crippen molar-refractivity contribution in [1.82, 2.24) is 14.8 Å². The molecule has 2 saturated heterocycles. The summed E-state index contributed by atoms with van der Waals surface area (Å²) in [5.74, 6) is 0. The Morgan fingerprint density at radius 2 is 1.92 bits per heavy atom. The molecule has 0 amide bonds. The third kappa shape index (κ3) is 2.86. The first kappa shape index (κ1) is 18.0. The standard InChI is InChI=1S/C19H28BN3O3/c1-6-15-14-11-13(20-25-18(2,3)19(4,5)26-20)12-21-17(14)23(22-15)16-9-7-8-10-24-16/h11-12,16H,6-10H2,1-5H3. The summed E-state index contributed by atoms with van der Waals surface area (Å²) >= 11 is 0. The number of nitrogens with zero attached hydrogens (tertiary/aromatic N) is 3. The lowest BCUT2D eigenvalue weighted by Gasteiger charge is -2.32. The van der Waals surface area contributed by atoms with Crippen LogP contribution >= 0.6 is 0 Å². The van der Waals surface area contributed by atoms with Crippen LogP contribution < -0.4 is 5.46 Å². The first-order valence-corrected chi connectivity index (χ1v) is 9.66. The molecule has 1 atom stereocenters. The van der Waals surface area contributed by atoms with Crippen LogP contribution in [-0.2, 0) is 20.5 Å². The van der Waals surface area contributed by atoms with E-state index in [1.54, 1.807) is 0 Å². The lowest BCUT2D eigenvalue weighted by molar-refractivity contribution is -0.0372. The normalized spacial score (nSPS) is 25.1. The Morgan fingerprint density at radius 1 is 1.19 bits per heavy atom. The van der Waals surface area contributed by atoms with Crippen molar-refractivity contribution in [3.63, 3.8) is 0 Å². The smallest absolute Gasteiger partial charge is 0.399 e. The topological polar surface area (TPSA) is 58.4 Å². The minimum Gasteiger partial charge on any atom is -0.399 e. The molecular formula is C19H28BN3O3. The van der Waals surface area contributed by atoms with Crippen LogP contribution in [0.5, 0.6) is 0 Å². The molecule has 4 rings (SSSR count). The molecule has 2 aliphatic rings. The molecule has 2 aliphatic heterocycles. The monoisotopic (exact) mass is 357 g/mol. The zero-order chi connectivity index (χ0) is 18.5. The molecular weight excluding hydrogens is 329 g/mol. The van der Waals surface area contributed by atoms with Gasteiger partial charge in [-0.05, 0) is 59.4 Å². The highest BCUT2D eigenvalue weighted by molar-refractivity contribution is 6.62. The molecule has 6 nitrogen and oxygen atoms in total. The van der Waals surface area contributed by atoms with E-state index in [4.69, 9.17) is 24.1 Å². The van der Waals surface area contributed by atoms with E-state index in [0.717, 1.165) is 48.1 Å². The molecule has 1 unspecified atom stereocenters. The maximum Gasteiger partial charge on any atom is 0.496 e. The van der Waals surface area contributed by atoms with Gasteiger partial charge < -0.3 is 14.0 Å². The predicted molar refractivity (Wildman–Crippen MR) is 101 cm³/mol. The van der Waals surface area contributed by atoms with Crippen LogP contribution in [0.15, 0.2) is 12.3 Å². The van der Waals surface area contributed by atoms with Gasteiger partial charge in [0.05, 0.1) is 16.9 Å². The number of pyridine rings is 1. The molecule has 0 aliphatic carbocycles. The van der Waals surface area contributed by atoms with E-state index in [2.05, 4.69) is 40.7 Å². The van der Waals surface area contributed by atoms with Gasteiger partial charge in [-0.3, -0.25) is 0 Å². The summed E-state index contributed by atoms with van der Waals surface area (Å²) in [5.41, 5.74) is 2.14. The first-order valence-electron chi connectivity index (χ1n) is 9.66. The largest absolute Gasteiger partial charge is 0.496 e. The average molecular weight is 357 g/mol. The highest BCUT2D eigenvalue weighted by atomic mass is 16.7. The Balaban J connectivity index is 1.71. The Kier molecular flexibility index (Phi) is 4.37. The highest BCUT2D eigenvalue weighted by Gasteiger charge is 2.51. The molecule has 2 fully saturated rings. The molecule has 2 aromatic rings. The third-order valence-corrected chi connectivity index (χ3v) is 5.93. The number of aryl methyl sites for hydroxylation is 1. The fraction of sp³-hybridized carbons (Fsp3) is 0.684. The summed E-state index contributed by atoms with van der Waals surface area (Å²) in [6.45, 7) is 11.2. The van der Waals surface area contributed by atoms with Crippen molar-refractivity contribution >= 4 is 23.6 Å². The molecule has 26 heavy (non-hydrogen) atoms. The maximum atomic E-state index is 6.18. The molecule has 0 bridgehead atoms. The average Bonchev–Trinajstić information content (AvgIpc) is 3.09. The molecule has 7 heteroatoms. The van der Waals surface area contributed by atoms with Crippen LogP contribution in [0.3, 0.4) is 0 Å². The van der Waals surface area contributed by atoms with Crippen molar-refractivity contribution < 1.29 is 14.0 Å². The second-order valence-corrected chi connectivity index (χ2v) is 8.29. The van der Waals surface area contributed by atoms with Gasteiger partial charge in [0.1, 0.15) is 0 Å². The molecule has 4 heterocycles. The molecule has 0 spiro atoms.